The van der Waals surface area contributed by atoms with Gasteiger partial charge in [-0.05, 0) is 43.3 Å². The highest BCUT2D eigenvalue weighted by Gasteiger charge is 2.31. The lowest BCUT2D eigenvalue weighted by atomic mass is 10.1. The molecule has 0 aliphatic rings. The van der Waals surface area contributed by atoms with Gasteiger partial charge in [0.2, 0.25) is 5.91 Å². The van der Waals surface area contributed by atoms with E-state index in [0.717, 1.165) is 22.3 Å². The number of benzene rings is 2. The molecule has 0 bridgehead atoms. The second-order valence-corrected chi connectivity index (χ2v) is 6.55. The minimum Gasteiger partial charge on any atom is -0.492 e. The molecule has 8 heteroatoms. The third-order valence-electron chi connectivity index (χ3n) is 3.55. The van der Waals surface area contributed by atoms with Gasteiger partial charge in [0.25, 0.3) is 0 Å². The molecule has 2 aromatic carbocycles. The molecular weight excluding hydrogens is 377 g/mol. The summed E-state index contributed by atoms with van der Waals surface area (Å²) in [5.41, 5.74) is -0.0823. The van der Waals surface area contributed by atoms with Gasteiger partial charge in [0.15, 0.2) is 0 Å². The van der Waals surface area contributed by atoms with Gasteiger partial charge in [0.05, 0.1) is 28.1 Å². The lowest BCUT2D eigenvalue weighted by molar-refractivity contribution is -0.137. The van der Waals surface area contributed by atoms with Crippen LogP contribution >= 0.6 is 11.3 Å². The van der Waals surface area contributed by atoms with Crippen molar-refractivity contribution in [2.24, 2.45) is 0 Å². The summed E-state index contributed by atoms with van der Waals surface area (Å²) >= 11 is 1.41. The Morgan fingerprint density at radius 3 is 2.74 bits per heavy atom. The number of hydrogen-bond donors (Lipinski definition) is 1. The molecule has 0 saturated carbocycles. The topological polar surface area (TPSA) is 51.2 Å². The average Bonchev–Trinajstić information content (AvgIpc) is 3.04. The smallest absolute Gasteiger partial charge is 0.416 e. The molecular formula is C19H15F3N2O2S. The number of halogens is 3. The second-order valence-electron chi connectivity index (χ2n) is 5.48. The van der Waals surface area contributed by atoms with Crippen molar-refractivity contribution < 1.29 is 22.7 Å². The maximum Gasteiger partial charge on any atom is 0.416 e. The number of fused-ring (bicyclic) bond motifs is 1. The van der Waals surface area contributed by atoms with Crippen LogP contribution in [0.1, 0.15) is 17.5 Å². The van der Waals surface area contributed by atoms with Gasteiger partial charge in [-0.15, -0.1) is 11.3 Å². The van der Waals surface area contributed by atoms with E-state index >= 15 is 0 Å². The molecule has 0 aliphatic carbocycles. The molecule has 0 aliphatic heterocycles. The fourth-order valence-corrected chi connectivity index (χ4v) is 3.24. The summed E-state index contributed by atoms with van der Waals surface area (Å²) < 4.78 is 45.0. The molecule has 3 aromatic rings. The molecule has 0 unspecified atom stereocenters. The standard InChI is InChI=1S/C19H15F3N2O2S/c1-2-26-15-8-7-12(19(20,21)22)11-14(15)23-17(25)9-10-18-24-13-5-3-4-6-16(13)27-18/h3-11H,2H2,1H3,(H,23,25)/b10-9+. The van der Waals surface area contributed by atoms with E-state index in [1.807, 2.05) is 24.3 Å². The number of amides is 1. The van der Waals surface area contributed by atoms with Crippen molar-refractivity contribution in [3.63, 3.8) is 0 Å². The van der Waals surface area contributed by atoms with Crippen LogP contribution < -0.4 is 10.1 Å². The molecule has 4 nitrogen and oxygen atoms in total. The van der Waals surface area contributed by atoms with Crippen LogP contribution in [-0.2, 0) is 11.0 Å². The van der Waals surface area contributed by atoms with E-state index in [4.69, 9.17) is 4.74 Å². The number of carbonyl (C=O) groups excluding carboxylic acids is 1. The van der Waals surface area contributed by atoms with Gasteiger partial charge in [-0.25, -0.2) is 4.98 Å². The number of para-hydroxylation sites is 1. The first-order valence-electron chi connectivity index (χ1n) is 8.05. The fourth-order valence-electron chi connectivity index (χ4n) is 2.37. The number of anilines is 1. The van der Waals surface area contributed by atoms with Crippen LogP contribution in [0, 0.1) is 0 Å². The van der Waals surface area contributed by atoms with E-state index < -0.39 is 17.6 Å². The number of ether oxygens (including phenoxy) is 1. The first-order chi connectivity index (χ1) is 12.9. The number of hydrogen-bond acceptors (Lipinski definition) is 4. The molecule has 0 spiro atoms. The SMILES string of the molecule is CCOc1ccc(C(F)(F)F)cc1NC(=O)/C=C/c1nc2ccccc2s1. The molecule has 1 amide bonds. The zero-order valence-corrected chi connectivity index (χ0v) is 15.0. The number of nitrogens with zero attached hydrogens (tertiary/aromatic N) is 1. The molecule has 0 radical (unpaired) electrons. The largest absolute Gasteiger partial charge is 0.492 e. The molecule has 3 rings (SSSR count). The first kappa shape index (κ1) is 18.9. The van der Waals surface area contributed by atoms with Crippen molar-refractivity contribution in [2.75, 3.05) is 11.9 Å². The van der Waals surface area contributed by atoms with Crippen LogP contribution in [-0.4, -0.2) is 17.5 Å². The third-order valence-corrected chi connectivity index (χ3v) is 4.55. The van der Waals surface area contributed by atoms with E-state index in [-0.39, 0.29) is 18.0 Å². The monoisotopic (exact) mass is 392 g/mol. The van der Waals surface area contributed by atoms with E-state index in [9.17, 15) is 18.0 Å². The highest BCUT2D eigenvalue weighted by atomic mass is 32.1. The lowest BCUT2D eigenvalue weighted by Crippen LogP contribution is -2.12. The molecule has 0 saturated heterocycles. The molecule has 27 heavy (non-hydrogen) atoms. The number of thiazole rings is 1. The summed E-state index contributed by atoms with van der Waals surface area (Å²) in [5, 5.41) is 3.06. The summed E-state index contributed by atoms with van der Waals surface area (Å²) in [4.78, 5) is 16.5. The highest BCUT2D eigenvalue weighted by molar-refractivity contribution is 7.19. The number of rotatable bonds is 5. The predicted molar refractivity (Wildman–Crippen MR) is 99.9 cm³/mol. The number of nitrogens with one attached hydrogen (secondary N) is 1. The third kappa shape index (κ3) is 4.65. The van der Waals surface area contributed by atoms with Crippen LogP contribution in [0.3, 0.4) is 0 Å². The molecule has 140 valence electrons. The Labute approximate surface area is 157 Å². The Morgan fingerprint density at radius 1 is 1.26 bits per heavy atom. The van der Waals surface area contributed by atoms with Crippen LogP contribution in [0.25, 0.3) is 16.3 Å². The zero-order valence-electron chi connectivity index (χ0n) is 14.2. The van der Waals surface area contributed by atoms with Crippen LogP contribution in [0.5, 0.6) is 5.75 Å². The number of aromatic nitrogens is 1. The zero-order chi connectivity index (χ0) is 19.4. The Bertz CT molecular complexity index is 963. The molecule has 0 fully saturated rings. The fraction of sp³-hybridized carbons (Fsp3) is 0.158. The van der Waals surface area contributed by atoms with Gasteiger partial charge in [-0.2, -0.15) is 13.2 Å². The predicted octanol–water partition coefficient (Wildman–Crippen LogP) is 5.37. The average molecular weight is 392 g/mol. The first-order valence-corrected chi connectivity index (χ1v) is 8.87. The molecule has 0 atom stereocenters. The maximum atomic E-state index is 12.9. The summed E-state index contributed by atoms with van der Waals surface area (Å²) in [5.74, 6) is -0.401. The number of carbonyl (C=O) groups is 1. The van der Waals surface area contributed by atoms with Crippen molar-refractivity contribution in [1.82, 2.24) is 4.98 Å². The van der Waals surface area contributed by atoms with E-state index in [1.54, 1.807) is 6.92 Å². The normalized spacial score (nSPS) is 11.9. The van der Waals surface area contributed by atoms with Crippen LogP contribution in [0.15, 0.2) is 48.5 Å². The van der Waals surface area contributed by atoms with E-state index in [0.29, 0.717) is 5.01 Å². The quantitative estimate of drug-likeness (QED) is 0.594. The van der Waals surface area contributed by atoms with Crippen molar-refractivity contribution in [1.29, 1.82) is 0 Å². The van der Waals surface area contributed by atoms with Gasteiger partial charge < -0.3 is 10.1 Å². The minimum absolute atomic E-state index is 0.0365. The Kier molecular flexibility index (Phi) is 5.46. The summed E-state index contributed by atoms with van der Waals surface area (Å²) in [7, 11) is 0. The van der Waals surface area contributed by atoms with Gasteiger partial charge >= 0.3 is 6.18 Å². The van der Waals surface area contributed by atoms with Crippen molar-refractivity contribution in [3.05, 3.63) is 59.1 Å². The van der Waals surface area contributed by atoms with E-state index in [2.05, 4.69) is 10.3 Å². The Balaban J connectivity index is 1.79. The van der Waals surface area contributed by atoms with Crippen molar-refractivity contribution in [3.8, 4) is 5.75 Å². The molecule has 1 aromatic heterocycles. The van der Waals surface area contributed by atoms with Gasteiger partial charge in [-0.1, -0.05) is 12.1 Å². The minimum atomic E-state index is -4.51. The van der Waals surface area contributed by atoms with Gasteiger partial charge in [-0.3, -0.25) is 4.79 Å². The second kappa shape index (κ2) is 7.79. The highest BCUT2D eigenvalue weighted by Crippen LogP contribution is 2.35. The van der Waals surface area contributed by atoms with Gasteiger partial charge in [0.1, 0.15) is 10.8 Å². The summed E-state index contributed by atoms with van der Waals surface area (Å²) in [6.07, 6.45) is -1.76. The molecule has 1 N–H and O–H groups in total. The van der Waals surface area contributed by atoms with Gasteiger partial charge in [0, 0.05) is 6.08 Å². The van der Waals surface area contributed by atoms with Crippen LogP contribution in [0.2, 0.25) is 0 Å². The Hall–Kier alpha value is -2.87. The number of alkyl halides is 3. The summed E-state index contributed by atoms with van der Waals surface area (Å²) in [6.45, 7) is 1.96. The summed E-state index contributed by atoms with van der Waals surface area (Å²) in [6, 6.07) is 10.5. The lowest BCUT2D eigenvalue weighted by Gasteiger charge is -2.14. The Morgan fingerprint density at radius 2 is 2.04 bits per heavy atom. The van der Waals surface area contributed by atoms with Crippen molar-refractivity contribution >= 4 is 39.2 Å². The van der Waals surface area contributed by atoms with Crippen molar-refractivity contribution in [2.45, 2.75) is 13.1 Å². The molecule has 1 heterocycles. The van der Waals surface area contributed by atoms with E-state index in [1.165, 1.54) is 29.6 Å². The van der Waals surface area contributed by atoms with Crippen LogP contribution in [0.4, 0.5) is 18.9 Å². The maximum absolute atomic E-state index is 12.9.